The van der Waals surface area contributed by atoms with E-state index in [9.17, 15) is 4.79 Å². The molecule has 168 valence electrons. The van der Waals surface area contributed by atoms with Gasteiger partial charge >= 0.3 is 6.09 Å². The standard InChI is InChI=1S/C22H48N2O3Si/c1-8-10-11-12-14-20(24-21(25)26-19-17-23-16-9-2)15-13-18-27-28(6,7)22(3,4)5/h20,23H,8-19H2,1-7H3,(H,24,25). The molecule has 1 amide bonds. The molecule has 0 saturated carbocycles. The largest absolute Gasteiger partial charge is 0.448 e. The Morgan fingerprint density at radius 2 is 1.61 bits per heavy atom. The fourth-order valence-corrected chi connectivity index (χ4v) is 3.79. The Morgan fingerprint density at radius 3 is 2.21 bits per heavy atom. The number of ether oxygens (including phenoxy) is 1. The highest BCUT2D eigenvalue weighted by molar-refractivity contribution is 6.74. The Hall–Kier alpha value is -0.593. The molecule has 0 aliphatic rings. The lowest BCUT2D eigenvalue weighted by Gasteiger charge is -2.36. The van der Waals surface area contributed by atoms with Crippen LogP contribution in [-0.2, 0) is 9.16 Å². The van der Waals surface area contributed by atoms with Gasteiger partial charge in [-0.15, -0.1) is 0 Å². The summed E-state index contributed by atoms with van der Waals surface area (Å²) >= 11 is 0. The minimum Gasteiger partial charge on any atom is -0.448 e. The minimum absolute atomic E-state index is 0.177. The SMILES string of the molecule is CCCCCCC(CCCO[Si](C)(C)C(C)(C)C)NC(=O)OCCNCCC. The van der Waals surface area contributed by atoms with Crippen LogP contribution in [-0.4, -0.2) is 46.8 Å². The minimum atomic E-state index is -1.69. The van der Waals surface area contributed by atoms with Crippen LogP contribution in [0.2, 0.25) is 18.1 Å². The first-order valence-electron chi connectivity index (χ1n) is 11.4. The third kappa shape index (κ3) is 13.6. The smallest absolute Gasteiger partial charge is 0.407 e. The van der Waals surface area contributed by atoms with E-state index in [1.165, 1.54) is 19.3 Å². The molecule has 0 saturated heterocycles. The quantitative estimate of drug-likeness (QED) is 0.245. The highest BCUT2D eigenvalue weighted by Crippen LogP contribution is 2.36. The first-order chi connectivity index (χ1) is 13.1. The Balaban J connectivity index is 4.30. The van der Waals surface area contributed by atoms with Crippen molar-refractivity contribution in [3.05, 3.63) is 0 Å². The van der Waals surface area contributed by atoms with Gasteiger partial charge in [-0.3, -0.25) is 0 Å². The van der Waals surface area contributed by atoms with Gasteiger partial charge in [0, 0.05) is 19.2 Å². The second kappa shape index (κ2) is 15.3. The third-order valence-electron chi connectivity index (χ3n) is 5.63. The van der Waals surface area contributed by atoms with Crippen molar-refractivity contribution in [3.8, 4) is 0 Å². The summed E-state index contributed by atoms with van der Waals surface area (Å²) in [6, 6.07) is 0.177. The second-order valence-corrected chi connectivity index (χ2v) is 14.1. The van der Waals surface area contributed by atoms with Crippen molar-refractivity contribution in [2.45, 2.75) is 110 Å². The Morgan fingerprint density at radius 1 is 0.929 bits per heavy atom. The van der Waals surface area contributed by atoms with Gasteiger partial charge in [-0.25, -0.2) is 4.79 Å². The molecule has 0 spiro atoms. The van der Waals surface area contributed by atoms with Crippen molar-refractivity contribution >= 4 is 14.4 Å². The van der Waals surface area contributed by atoms with Gasteiger partial charge in [-0.05, 0) is 50.4 Å². The van der Waals surface area contributed by atoms with Crippen molar-refractivity contribution in [2.24, 2.45) is 0 Å². The zero-order valence-electron chi connectivity index (χ0n) is 19.8. The van der Waals surface area contributed by atoms with E-state index in [0.29, 0.717) is 13.2 Å². The van der Waals surface area contributed by atoms with Gasteiger partial charge in [-0.2, -0.15) is 0 Å². The zero-order chi connectivity index (χ0) is 21.5. The van der Waals surface area contributed by atoms with Crippen molar-refractivity contribution < 1.29 is 14.0 Å². The molecule has 0 aromatic rings. The summed E-state index contributed by atoms with van der Waals surface area (Å²) in [6.45, 7) is 18.6. The van der Waals surface area contributed by atoms with Gasteiger partial charge in [-0.1, -0.05) is 60.3 Å². The molecule has 1 unspecified atom stereocenters. The van der Waals surface area contributed by atoms with Crippen LogP contribution in [0.25, 0.3) is 0 Å². The molecule has 28 heavy (non-hydrogen) atoms. The van der Waals surface area contributed by atoms with E-state index in [4.69, 9.17) is 9.16 Å². The van der Waals surface area contributed by atoms with Crippen molar-refractivity contribution in [2.75, 3.05) is 26.3 Å². The summed E-state index contributed by atoms with van der Waals surface area (Å²) in [5.41, 5.74) is 0. The molecular formula is C22H48N2O3Si. The van der Waals surface area contributed by atoms with Gasteiger partial charge in [0.15, 0.2) is 8.32 Å². The molecule has 0 aromatic heterocycles. The van der Waals surface area contributed by atoms with E-state index in [1.54, 1.807) is 0 Å². The predicted molar refractivity (Wildman–Crippen MR) is 123 cm³/mol. The van der Waals surface area contributed by atoms with E-state index in [2.05, 4.69) is 58.3 Å². The zero-order valence-corrected chi connectivity index (χ0v) is 20.8. The Kier molecular flexibility index (Phi) is 15.0. The van der Waals surface area contributed by atoms with Crippen LogP contribution in [0.1, 0.15) is 86.0 Å². The number of unbranched alkanes of at least 4 members (excludes halogenated alkanes) is 3. The molecule has 6 heteroatoms. The number of carbonyl (C=O) groups excluding carboxylic acids is 1. The van der Waals surface area contributed by atoms with Crippen molar-refractivity contribution in [3.63, 3.8) is 0 Å². The number of carbonyl (C=O) groups is 1. The van der Waals surface area contributed by atoms with Crippen molar-refractivity contribution in [1.29, 1.82) is 0 Å². The number of hydrogen-bond acceptors (Lipinski definition) is 4. The van der Waals surface area contributed by atoms with Crippen LogP contribution in [0, 0.1) is 0 Å². The lowest BCUT2D eigenvalue weighted by molar-refractivity contribution is 0.140. The monoisotopic (exact) mass is 416 g/mol. The molecule has 0 aliphatic heterocycles. The van der Waals surface area contributed by atoms with Gasteiger partial charge in [0.2, 0.25) is 0 Å². The summed E-state index contributed by atoms with van der Waals surface area (Å²) < 4.78 is 11.6. The van der Waals surface area contributed by atoms with Gasteiger partial charge in [0.25, 0.3) is 0 Å². The van der Waals surface area contributed by atoms with Crippen LogP contribution in [0.15, 0.2) is 0 Å². The predicted octanol–water partition coefficient (Wildman–Crippen LogP) is 5.85. The first kappa shape index (κ1) is 27.4. The molecule has 0 radical (unpaired) electrons. The molecule has 1 atom stereocenters. The molecular weight excluding hydrogens is 368 g/mol. The van der Waals surface area contributed by atoms with Gasteiger partial charge in [0.05, 0.1) is 0 Å². The average Bonchev–Trinajstić information content (AvgIpc) is 2.60. The van der Waals surface area contributed by atoms with E-state index in [1.807, 2.05) is 0 Å². The summed E-state index contributed by atoms with van der Waals surface area (Å²) in [7, 11) is -1.69. The summed E-state index contributed by atoms with van der Waals surface area (Å²) in [6.07, 6.45) is 8.61. The summed E-state index contributed by atoms with van der Waals surface area (Å²) in [5.74, 6) is 0. The molecule has 0 aromatic carbocycles. The second-order valence-electron chi connectivity index (χ2n) is 9.33. The number of alkyl carbamates (subject to hydrolysis) is 1. The molecule has 0 rings (SSSR count). The summed E-state index contributed by atoms with van der Waals surface area (Å²) in [4.78, 5) is 12.1. The molecule has 0 fully saturated rings. The highest BCUT2D eigenvalue weighted by atomic mass is 28.4. The molecule has 0 heterocycles. The van der Waals surface area contributed by atoms with Crippen LogP contribution in [0.3, 0.4) is 0 Å². The van der Waals surface area contributed by atoms with Crippen molar-refractivity contribution in [1.82, 2.24) is 10.6 Å². The summed E-state index contributed by atoms with van der Waals surface area (Å²) in [5, 5.41) is 6.56. The van der Waals surface area contributed by atoms with Gasteiger partial charge in [0.1, 0.15) is 6.61 Å². The van der Waals surface area contributed by atoms with E-state index < -0.39 is 8.32 Å². The molecule has 2 N–H and O–H groups in total. The molecule has 5 nitrogen and oxygen atoms in total. The number of nitrogens with one attached hydrogen (secondary N) is 2. The third-order valence-corrected chi connectivity index (χ3v) is 10.2. The fraction of sp³-hybridized carbons (Fsp3) is 0.955. The topological polar surface area (TPSA) is 59.6 Å². The van der Waals surface area contributed by atoms with Crippen LogP contribution in [0.5, 0.6) is 0 Å². The molecule has 0 bridgehead atoms. The Bertz CT molecular complexity index is 398. The van der Waals surface area contributed by atoms with Crippen LogP contribution >= 0.6 is 0 Å². The van der Waals surface area contributed by atoms with E-state index in [-0.39, 0.29) is 17.2 Å². The fourth-order valence-electron chi connectivity index (χ4n) is 2.71. The number of amides is 1. The van der Waals surface area contributed by atoms with E-state index >= 15 is 0 Å². The first-order valence-corrected chi connectivity index (χ1v) is 14.3. The van der Waals surface area contributed by atoms with Crippen LogP contribution in [0.4, 0.5) is 4.79 Å². The molecule has 0 aliphatic carbocycles. The maximum atomic E-state index is 12.1. The number of hydrogen-bond donors (Lipinski definition) is 2. The maximum Gasteiger partial charge on any atom is 0.407 e. The van der Waals surface area contributed by atoms with Gasteiger partial charge < -0.3 is 19.8 Å². The Labute approximate surface area is 175 Å². The average molecular weight is 417 g/mol. The highest BCUT2D eigenvalue weighted by Gasteiger charge is 2.36. The van der Waals surface area contributed by atoms with Crippen LogP contribution < -0.4 is 10.6 Å². The lowest BCUT2D eigenvalue weighted by atomic mass is 10.0. The normalized spacial score (nSPS) is 13.4. The van der Waals surface area contributed by atoms with E-state index in [0.717, 1.165) is 45.3 Å². The number of rotatable bonds is 16. The maximum absolute atomic E-state index is 12.1. The lowest BCUT2D eigenvalue weighted by Crippen LogP contribution is -2.41.